The van der Waals surface area contributed by atoms with Crippen molar-refractivity contribution in [2.45, 2.75) is 45.3 Å². The fourth-order valence-corrected chi connectivity index (χ4v) is 4.46. The van der Waals surface area contributed by atoms with Crippen LogP contribution in [0.2, 0.25) is 0 Å². The number of nitrogens with zero attached hydrogens (tertiary/aromatic N) is 3. The summed E-state index contributed by atoms with van der Waals surface area (Å²) in [6.45, 7) is 6.61. The van der Waals surface area contributed by atoms with Gasteiger partial charge in [-0.2, -0.15) is 0 Å². The summed E-state index contributed by atoms with van der Waals surface area (Å²) in [7, 11) is 3.36. The molecule has 1 fully saturated rings. The van der Waals surface area contributed by atoms with Gasteiger partial charge in [0.2, 0.25) is 5.91 Å². The quantitative estimate of drug-likeness (QED) is 0.345. The number of carbonyl (C=O) groups is 2. The van der Waals surface area contributed by atoms with E-state index in [2.05, 4.69) is 0 Å². The fourth-order valence-electron chi connectivity index (χ4n) is 4.46. The average Bonchev–Trinajstić information content (AvgIpc) is 3.38. The van der Waals surface area contributed by atoms with Crippen molar-refractivity contribution in [3.8, 4) is 11.5 Å². The number of rotatable bonds is 7. The molecule has 39 heavy (non-hydrogen) atoms. The third kappa shape index (κ3) is 7.28. The van der Waals surface area contributed by atoms with E-state index < -0.39 is 11.4 Å². The van der Waals surface area contributed by atoms with Crippen LogP contribution in [0.15, 0.2) is 72.8 Å². The van der Waals surface area contributed by atoms with Crippen molar-refractivity contribution < 1.29 is 24.9 Å². The molecule has 2 amide bonds. The summed E-state index contributed by atoms with van der Waals surface area (Å²) in [6, 6.07) is 21.6. The molecular weight excluding hydrogens is 497 g/mol. The molecule has 0 aromatic heterocycles. The Hall–Kier alpha value is -4.07. The van der Waals surface area contributed by atoms with Gasteiger partial charge in [-0.3, -0.25) is 4.79 Å². The summed E-state index contributed by atoms with van der Waals surface area (Å²) in [5.41, 5.74) is 1.19. The highest BCUT2D eigenvalue weighted by molar-refractivity contribution is 5.94. The van der Waals surface area contributed by atoms with Gasteiger partial charge in [-0.25, -0.2) is 9.18 Å². The van der Waals surface area contributed by atoms with Gasteiger partial charge in [-0.1, -0.05) is 30.3 Å². The van der Waals surface area contributed by atoms with E-state index in [1.807, 2.05) is 80.3 Å². The van der Waals surface area contributed by atoms with Crippen LogP contribution in [0.25, 0.3) is 0 Å². The van der Waals surface area contributed by atoms with E-state index in [-0.39, 0.29) is 25.9 Å². The van der Waals surface area contributed by atoms with Crippen molar-refractivity contribution in [1.29, 1.82) is 0 Å². The minimum atomic E-state index is -0.574. The molecule has 0 N–H and O–H groups in total. The molecule has 1 saturated heterocycles. The summed E-state index contributed by atoms with van der Waals surface area (Å²) < 4.78 is 26.5. The molecule has 3 aromatic rings. The zero-order valence-electron chi connectivity index (χ0n) is 23.2. The normalized spacial score (nSPS) is 15.1. The number of ether oxygens (including phenoxy) is 2. The van der Waals surface area contributed by atoms with E-state index in [9.17, 15) is 9.59 Å². The number of para-hydroxylation sites is 1. The molecule has 7 nitrogen and oxygen atoms in total. The van der Waals surface area contributed by atoms with Crippen molar-refractivity contribution in [3.63, 3.8) is 0 Å². The zero-order valence-corrected chi connectivity index (χ0v) is 23.2. The second-order valence-electron chi connectivity index (χ2n) is 10.8. The van der Waals surface area contributed by atoms with Gasteiger partial charge in [-0.15, -0.1) is 0 Å². The van der Waals surface area contributed by atoms with Crippen molar-refractivity contribution in [2.24, 2.45) is 0 Å². The smallest absolute Gasteiger partial charge is 0.410 e. The maximum Gasteiger partial charge on any atom is 0.410 e. The molecule has 0 bridgehead atoms. The molecule has 208 valence electrons. The fraction of sp³-hybridized carbons (Fsp3) is 0.355. The predicted octanol–water partition coefficient (Wildman–Crippen LogP) is 6.52. The summed E-state index contributed by atoms with van der Waals surface area (Å²) in [4.78, 5) is 30.3. The Balaban J connectivity index is 0.00000441. The molecule has 4 rings (SSSR count). The first-order chi connectivity index (χ1) is 18.5. The Bertz CT molecular complexity index is 1300. The summed E-state index contributed by atoms with van der Waals surface area (Å²) in [5.74, 6) is 0.866. The van der Waals surface area contributed by atoms with Crippen LogP contribution in [0.5, 0.6) is 11.5 Å². The topological polar surface area (TPSA) is 62.3 Å². The molecule has 0 aliphatic carbocycles. The largest absolute Gasteiger partial charge is 0.457 e. The summed E-state index contributed by atoms with van der Waals surface area (Å²) in [5, 5.41) is 0. The molecule has 1 aliphatic rings. The number of likely N-dealkylation sites (N-methyl/N-ethyl adjacent to an activating group) is 2. The average molecular weight is 536 g/mol. The van der Waals surface area contributed by atoms with Gasteiger partial charge in [0.25, 0.3) is 0 Å². The van der Waals surface area contributed by atoms with E-state index >= 15 is 4.39 Å². The zero-order chi connectivity index (χ0) is 28.2. The Labute approximate surface area is 231 Å². The molecule has 1 atom stereocenters. The molecule has 0 saturated carbocycles. The SMILES string of the molecule is CN(C(=O)Cc1ccc(Oc2ccccc2)cc1)c1ccc(N2CCC(N(C)C(=O)OC(C)(C)C)C2)c(F)c1.[HH]. The Morgan fingerprint density at radius 2 is 1.67 bits per heavy atom. The van der Waals surface area contributed by atoms with Gasteiger partial charge in [0, 0.05) is 34.3 Å². The maximum atomic E-state index is 15.2. The van der Waals surface area contributed by atoms with Crippen molar-refractivity contribution in [1.82, 2.24) is 4.90 Å². The molecule has 1 heterocycles. The van der Waals surface area contributed by atoms with Gasteiger partial charge in [0.1, 0.15) is 22.9 Å². The predicted molar refractivity (Wildman–Crippen MR) is 153 cm³/mol. The first-order valence-electron chi connectivity index (χ1n) is 13.1. The minimum absolute atomic E-state index is 0. The lowest BCUT2D eigenvalue weighted by molar-refractivity contribution is -0.117. The second-order valence-corrected chi connectivity index (χ2v) is 10.8. The molecule has 8 heteroatoms. The molecular formula is C31H38FN3O4. The van der Waals surface area contributed by atoms with E-state index in [1.165, 1.54) is 11.0 Å². The number of hydrogen-bond donors (Lipinski definition) is 0. The third-order valence-electron chi connectivity index (χ3n) is 6.68. The lowest BCUT2D eigenvalue weighted by Crippen LogP contribution is -2.42. The number of carbonyl (C=O) groups excluding carboxylic acids is 2. The minimum Gasteiger partial charge on any atom is -0.457 e. The third-order valence-corrected chi connectivity index (χ3v) is 6.68. The molecule has 3 aromatic carbocycles. The first-order valence-corrected chi connectivity index (χ1v) is 13.1. The van der Waals surface area contributed by atoms with Crippen molar-refractivity contribution in [2.75, 3.05) is 37.0 Å². The lowest BCUT2D eigenvalue weighted by atomic mass is 10.1. The molecule has 1 unspecified atom stereocenters. The van der Waals surface area contributed by atoms with Crippen LogP contribution in [0, 0.1) is 5.82 Å². The van der Waals surface area contributed by atoms with Gasteiger partial charge < -0.3 is 24.2 Å². The lowest BCUT2D eigenvalue weighted by Gasteiger charge is -2.29. The number of halogens is 1. The van der Waals surface area contributed by atoms with Crippen LogP contribution in [-0.2, 0) is 16.0 Å². The van der Waals surface area contributed by atoms with E-state index in [0.29, 0.717) is 36.6 Å². The number of hydrogen-bond acceptors (Lipinski definition) is 5. The standard InChI is InChI=1S/C31H36FN3O4.H2/c1-31(2,3)39-30(37)34(5)24-17-18-35(21-24)28-16-13-23(20-27(28)32)33(4)29(36)19-22-11-14-26(15-12-22)38-25-9-7-6-8-10-25;/h6-16,20,24H,17-19,21H2,1-5H3;1H. The van der Waals surface area contributed by atoms with Gasteiger partial charge in [0.05, 0.1) is 18.2 Å². The second kappa shape index (κ2) is 11.8. The van der Waals surface area contributed by atoms with Gasteiger partial charge in [-0.05, 0) is 75.2 Å². The molecule has 0 radical (unpaired) electrons. The number of amides is 2. The van der Waals surface area contributed by atoms with E-state index in [0.717, 1.165) is 11.3 Å². The summed E-state index contributed by atoms with van der Waals surface area (Å²) in [6.07, 6.45) is 0.504. The number of benzene rings is 3. The Kier molecular flexibility index (Phi) is 8.43. The van der Waals surface area contributed by atoms with Crippen molar-refractivity contribution >= 4 is 23.4 Å². The number of anilines is 2. The summed E-state index contributed by atoms with van der Waals surface area (Å²) >= 11 is 0. The molecule has 0 spiro atoms. The van der Waals surface area contributed by atoms with Crippen LogP contribution >= 0.6 is 0 Å². The van der Waals surface area contributed by atoms with Gasteiger partial charge in [0.15, 0.2) is 0 Å². The van der Waals surface area contributed by atoms with Crippen LogP contribution < -0.4 is 14.5 Å². The van der Waals surface area contributed by atoms with Crippen LogP contribution in [0.3, 0.4) is 0 Å². The van der Waals surface area contributed by atoms with E-state index in [4.69, 9.17) is 9.47 Å². The van der Waals surface area contributed by atoms with Crippen molar-refractivity contribution in [3.05, 3.63) is 84.2 Å². The van der Waals surface area contributed by atoms with Crippen LogP contribution in [-0.4, -0.2) is 55.7 Å². The monoisotopic (exact) mass is 535 g/mol. The first kappa shape index (κ1) is 28.0. The highest BCUT2D eigenvalue weighted by Crippen LogP contribution is 2.29. The van der Waals surface area contributed by atoms with E-state index in [1.54, 1.807) is 31.1 Å². The maximum absolute atomic E-state index is 15.2. The van der Waals surface area contributed by atoms with Gasteiger partial charge >= 0.3 is 6.09 Å². The van der Waals surface area contributed by atoms with Crippen LogP contribution in [0.1, 0.15) is 34.2 Å². The molecule has 1 aliphatic heterocycles. The highest BCUT2D eigenvalue weighted by Gasteiger charge is 2.32. The highest BCUT2D eigenvalue weighted by atomic mass is 19.1. The Morgan fingerprint density at radius 3 is 2.31 bits per heavy atom. The Morgan fingerprint density at radius 1 is 1.00 bits per heavy atom. The van der Waals surface area contributed by atoms with Crippen LogP contribution in [0.4, 0.5) is 20.6 Å².